The van der Waals surface area contributed by atoms with Crippen LogP contribution < -0.4 is 5.32 Å². The van der Waals surface area contributed by atoms with Gasteiger partial charge in [-0.1, -0.05) is 18.2 Å². The Morgan fingerprint density at radius 1 is 1.27 bits per heavy atom. The van der Waals surface area contributed by atoms with Gasteiger partial charge >= 0.3 is 0 Å². The molecule has 0 aliphatic carbocycles. The van der Waals surface area contributed by atoms with Crippen molar-refractivity contribution in [1.82, 2.24) is 9.88 Å². The number of fused-ring (bicyclic) bond motifs is 2. The standard InChI is InChI=1S/C21H22FN3O/c22-17-6-7-18-19(11-17)26-21(24-18)16-5-2-10-25(13-16)12-15-4-1-3-14-8-9-23-20(14)15/h1,3-4,6-7,11,16,23H,2,5,8-10,12-13H2. The molecule has 134 valence electrons. The number of anilines is 1. The molecule has 3 aromatic rings. The molecule has 2 aliphatic rings. The molecule has 2 aliphatic heterocycles. The summed E-state index contributed by atoms with van der Waals surface area (Å²) in [5.74, 6) is 0.728. The third kappa shape index (κ3) is 2.86. The van der Waals surface area contributed by atoms with Gasteiger partial charge in [0.05, 0.1) is 0 Å². The molecule has 0 amide bonds. The van der Waals surface area contributed by atoms with Gasteiger partial charge in [0.25, 0.3) is 0 Å². The lowest BCUT2D eigenvalue weighted by molar-refractivity contribution is 0.187. The molecule has 0 bridgehead atoms. The van der Waals surface area contributed by atoms with Crippen molar-refractivity contribution in [3.63, 3.8) is 0 Å². The van der Waals surface area contributed by atoms with Crippen molar-refractivity contribution >= 4 is 16.8 Å². The molecule has 5 rings (SSSR count). The Kier molecular flexibility index (Phi) is 3.89. The van der Waals surface area contributed by atoms with Gasteiger partial charge in [0.2, 0.25) is 0 Å². The van der Waals surface area contributed by atoms with E-state index in [9.17, 15) is 4.39 Å². The number of likely N-dealkylation sites (tertiary alicyclic amines) is 1. The summed E-state index contributed by atoms with van der Waals surface area (Å²) in [6.07, 6.45) is 3.31. The predicted octanol–water partition coefficient (Wildman–Crippen LogP) is 4.31. The topological polar surface area (TPSA) is 41.3 Å². The van der Waals surface area contributed by atoms with Gasteiger partial charge in [0.1, 0.15) is 11.3 Å². The number of para-hydroxylation sites is 1. The van der Waals surface area contributed by atoms with Crippen molar-refractivity contribution in [2.24, 2.45) is 0 Å². The van der Waals surface area contributed by atoms with Gasteiger partial charge in [0.15, 0.2) is 11.5 Å². The highest BCUT2D eigenvalue weighted by molar-refractivity contribution is 5.72. The molecule has 1 saturated heterocycles. The maximum absolute atomic E-state index is 13.4. The molecule has 4 nitrogen and oxygen atoms in total. The largest absolute Gasteiger partial charge is 0.440 e. The van der Waals surface area contributed by atoms with Gasteiger partial charge in [0, 0.05) is 37.3 Å². The van der Waals surface area contributed by atoms with Gasteiger partial charge in [-0.15, -0.1) is 0 Å². The van der Waals surface area contributed by atoms with Crippen molar-refractivity contribution in [3.8, 4) is 0 Å². The third-order valence-electron chi connectivity index (χ3n) is 5.55. The van der Waals surface area contributed by atoms with Crippen molar-refractivity contribution in [2.45, 2.75) is 31.7 Å². The number of rotatable bonds is 3. The summed E-state index contributed by atoms with van der Waals surface area (Å²) in [6, 6.07) is 11.2. The lowest BCUT2D eigenvalue weighted by atomic mass is 9.97. The van der Waals surface area contributed by atoms with Crippen molar-refractivity contribution < 1.29 is 8.81 Å². The summed E-state index contributed by atoms with van der Waals surface area (Å²) in [5.41, 5.74) is 5.41. The Morgan fingerprint density at radius 3 is 3.19 bits per heavy atom. The first-order valence-corrected chi connectivity index (χ1v) is 9.39. The predicted molar refractivity (Wildman–Crippen MR) is 99.9 cm³/mol. The smallest absolute Gasteiger partial charge is 0.199 e. The molecule has 2 aromatic carbocycles. The van der Waals surface area contributed by atoms with Crippen LogP contribution in [0.2, 0.25) is 0 Å². The number of oxazole rings is 1. The van der Waals surface area contributed by atoms with Gasteiger partial charge in [-0.2, -0.15) is 0 Å². The van der Waals surface area contributed by atoms with Crippen LogP contribution in [0.5, 0.6) is 0 Å². The molecule has 0 saturated carbocycles. The monoisotopic (exact) mass is 351 g/mol. The zero-order chi connectivity index (χ0) is 17.5. The minimum Gasteiger partial charge on any atom is -0.440 e. The molecule has 1 N–H and O–H groups in total. The Morgan fingerprint density at radius 2 is 2.23 bits per heavy atom. The molecule has 1 aromatic heterocycles. The van der Waals surface area contributed by atoms with Crippen LogP contribution in [0.25, 0.3) is 11.1 Å². The van der Waals surface area contributed by atoms with E-state index in [0.29, 0.717) is 5.58 Å². The van der Waals surface area contributed by atoms with Gasteiger partial charge in [-0.05, 0) is 49.1 Å². The molecule has 3 heterocycles. The maximum atomic E-state index is 13.4. The number of nitrogens with one attached hydrogen (secondary N) is 1. The first kappa shape index (κ1) is 15.8. The summed E-state index contributed by atoms with van der Waals surface area (Å²) >= 11 is 0. The SMILES string of the molecule is Fc1ccc2nc(C3CCCN(Cc4cccc5c4NCC5)C3)oc2c1. The Bertz CT molecular complexity index is 952. The van der Waals surface area contributed by atoms with E-state index in [1.807, 2.05) is 0 Å². The molecule has 1 fully saturated rings. The molecular formula is C21H22FN3O. The van der Waals surface area contributed by atoms with Gasteiger partial charge < -0.3 is 9.73 Å². The third-order valence-corrected chi connectivity index (χ3v) is 5.55. The second kappa shape index (κ2) is 6.40. The second-order valence-electron chi connectivity index (χ2n) is 7.37. The molecule has 26 heavy (non-hydrogen) atoms. The molecule has 1 atom stereocenters. The zero-order valence-electron chi connectivity index (χ0n) is 14.7. The second-order valence-corrected chi connectivity index (χ2v) is 7.37. The van der Waals surface area contributed by atoms with Crippen LogP contribution in [0.15, 0.2) is 40.8 Å². The number of aromatic nitrogens is 1. The highest BCUT2D eigenvalue weighted by Crippen LogP contribution is 2.32. The van der Waals surface area contributed by atoms with Crippen LogP contribution in [0.1, 0.15) is 35.8 Å². The van der Waals surface area contributed by atoms with E-state index < -0.39 is 0 Å². The number of piperidine rings is 1. The summed E-state index contributed by atoms with van der Waals surface area (Å²) < 4.78 is 19.3. The first-order valence-electron chi connectivity index (χ1n) is 9.39. The van der Waals surface area contributed by atoms with E-state index in [0.717, 1.165) is 56.8 Å². The van der Waals surface area contributed by atoms with E-state index in [1.165, 1.54) is 28.9 Å². The fourth-order valence-electron chi connectivity index (χ4n) is 4.28. The summed E-state index contributed by atoms with van der Waals surface area (Å²) in [7, 11) is 0. The summed E-state index contributed by atoms with van der Waals surface area (Å²) in [6.45, 7) is 4.00. The number of hydrogen-bond acceptors (Lipinski definition) is 4. The fraction of sp³-hybridized carbons (Fsp3) is 0.381. The molecule has 0 radical (unpaired) electrons. The molecule has 1 unspecified atom stereocenters. The van der Waals surface area contributed by atoms with Gasteiger partial charge in [-0.25, -0.2) is 9.37 Å². The lowest BCUT2D eigenvalue weighted by Crippen LogP contribution is -2.34. The van der Waals surface area contributed by atoms with Crippen LogP contribution in [0, 0.1) is 5.82 Å². The average molecular weight is 351 g/mol. The number of benzene rings is 2. The zero-order valence-corrected chi connectivity index (χ0v) is 14.7. The van der Waals surface area contributed by atoms with Crippen LogP contribution in [-0.4, -0.2) is 29.5 Å². The molecule has 5 heteroatoms. The minimum atomic E-state index is -0.282. The first-order chi connectivity index (χ1) is 12.8. The van der Waals surface area contributed by atoms with Crippen molar-refractivity contribution in [2.75, 3.05) is 25.0 Å². The van der Waals surface area contributed by atoms with Crippen LogP contribution in [0.4, 0.5) is 10.1 Å². The number of hydrogen-bond donors (Lipinski definition) is 1. The number of nitrogens with zero attached hydrogens (tertiary/aromatic N) is 2. The van der Waals surface area contributed by atoms with Crippen LogP contribution in [-0.2, 0) is 13.0 Å². The average Bonchev–Trinajstić information content (AvgIpc) is 3.28. The summed E-state index contributed by atoms with van der Waals surface area (Å²) in [5, 5.41) is 3.53. The fourth-order valence-corrected chi connectivity index (χ4v) is 4.28. The number of halogens is 1. The quantitative estimate of drug-likeness (QED) is 0.763. The van der Waals surface area contributed by atoms with E-state index in [-0.39, 0.29) is 11.7 Å². The minimum absolute atomic E-state index is 0.268. The highest BCUT2D eigenvalue weighted by atomic mass is 19.1. The molecular weight excluding hydrogens is 329 g/mol. The van der Waals surface area contributed by atoms with Crippen LogP contribution in [0.3, 0.4) is 0 Å². The van der Waals surface area contributed by atoms with Gasteiger partial charge in [-0.3, -0.25) is 4.90 Å². The maximum Gasteiger partial charge on any atom is 0.199 e. The Labute approximate surface area is 152 Å². The van der Waals surface area contributed by atoms with Crippen molar-refractivity contribution in [3.05, 3.63) is 59.2 Å². The summed E-state index contributed by atoms with van der Waals surface area (Å²) in [4.78, 5) is 7.09. The van der Waals surface area contributed by atoms with E-state index >= 15 is 0 Å². The Balaban J connectivity index is 1.35. The highest BCUT2D eigenvalue weighted by Gasteiger charge is 2.26. The Hall–Kier alpha value is -2.40. The molecule has 0 spiro atoms. The van der Waals surface area contributed by atoms with Crippen LogP contribution >= 0.6 is 0 Å². The normalized spacial score (nSPS) is 20.3. The van der Waals surface area contributed by atoms with E-state index in [4.69, 9.17) is 4.42 Å². The van der Waals surface area contributed by atoms with Crippen molar-refractivity contribution in [1.29, 1.82) is 0 Å². The van der Waals surface area contributed by atoms with E-state index in [2.05, 4.69) is 33.4 Å². The van der Waals surface area contributed by atoms with E-state index in [1.54, 1.807) is 6.07 Å². The lowest BCUT2D eigenvalue weighted by Gasteiger charge is -2.31.